The summed E-state index contributed by atoms with van der Waals surface area (Å²) in [5.74, 6) is 2.29. The first-order valence-electron chi connectivity index (χ1n) is 8.06. The molecule has 2 aromatic rings. The van der Waals surface area contributed by atoms with E-state index in [1.807, 2.05) is 32.9 Å². The second-order valence-corrected chi connectivity index (χ2v) is 8.35. The molecule has 0 aromatic carbocycles. The van der Waals surface area contributed by atoms with Crippen molar-refractivity contribution in [1.82, 2.24) is 15.4 Å². The summed E-state index contributed by atoms with van der Waals surface area (Å²) in [5.41, 5.74) is 0. The van der Waals surface area contributed by atoms with E-state index in [4.69, 9.17) is 4.42 Å². The number of aryl methyl sites for hydroxylation is 1. The van der Waals surface area contributed by atoms with E-state index >= 15 is 0 Å². The lowest BCUT2D eigenvalue weighted by Gasteiger charge is -2.16. The van der Waals surface area contributed by atoms with Gasteiger partial charge in [0.25, 0.3) is 0 Å². The van der Waals surface area contributed by atoms with Gasteiger partial charge in [0.2, 0.25) is 10.0 Å². The van der Waals surface area contributed by atoms with E-state index in [0.717, 1.165) is 11.5 Å². The van der Waals surface area contributed by atoms with Crippen molar-refractivity contribution in [1.29, 1.82) is 0 Å². The third kappa shape index (κ3) is 5.87. The first-order chi connectivity index (χ1) is 11.9. The Morgan fingerprint density at radius 2 is 2.16 bits per heavy atom. The number of guanidine groups is 1. The zero-order valence-electron chi connectivity index (χ0n) is 14.6. The highest BCUT2D eigenvalue weighted by atomic mass is 32.2. The molecule has 0 aliphatic heterocycles. The summed E-state index contributed by atoms with van der Waals surface area (Å²) in [4.78, 5) is 4.40. The van der Waals surface area contributed by atoms with Crippen molar-refractivity contribution in [2.45, 2.75) is 31.0 Å². The predicted octanol–water partition coefficient (Wildman–Crippen LogP) is 2.24. The zero-order chi connectivity index (χ0) is 18.3. The lowest BCUT2D eigenvalue weighted by atomic mass is 10.2. The summed E-state index contributed by atoms with van der Waals surface area (Å²) in [6.07, 6.45) is 0. The molecule has 1 atom stereocenters. The van der Waals surface area contributed by atoms with Crippen molar-refractivity contribution < 1.29 is 12.8 Å². The number of rotatable bonds is 8. The molecule has 3 N–H and O–H groups in total. The molecule has 0 spiro atoms. The van der Waals surface area contributed by atoms with Gasteiger partial charge in [0.15, 0.2) is 5.96 Å². The van der Waals surface area contributed by atoms with Gasteiger partial charge in [-0.1, -0.05) is 6.07 Å². The molecule has 138 valence electrons. The second-order valence-electron chi connectivity index (χ2n) is 5.40. The molecule has 0 saturated heterocycles. The van der Waals surface area contributed by atoms with Crippen LogP contribution in [0.5, 0.6) is 0 Å². The van der Waals surface area contributed by atoms with Crippen molar-refractivity contribution in [3.63, 3.8) is 0 Å². The molecule has 9 heteroatoms. The Balaban J connectivity index is 1.89. The van der Waals surface area contributed by atoms with E-state index in [1.165, 1.54) is 11.3 Å². The Hall–Kier alpha value is -1.84. The van der Waals surface area contributed by atoms with E-state index < -0.39 is 10.0 Å². The number of nitrogens with one attached hydrogen (secondary N) is 3. The standard InChI is InChI=1S/C16H24N4O3S2/c1-4-17-16(20-13(3)14-8-7-12(2)23-14)18-9-10-19-25(21,22)15-6-5-11-24-15/h5-8,11,13,19H,4,9-10H2,1-3H3,(H2,17,18,20). The number of nitrogens with zero attached hydrogens (tertiary/aromatic N) is 1. The number of thiophene rings is 1. The van der Waals surface area contributed by atoms with Crippen molar-refractivity contribution in [3.8, 4) is 0 Å². The summed E-state index contributed by atoms with van der Waals surface area (Å²) in [6.45, 7) is 7.10. The van der Waals surface area contributed by atoms with E-state index in [2.05, 4.69) is 20.3 Å². The van der Waals surface area contributed by atoms with Gasteiger partial charge in [-0.2, -0.15) is 0 Å². The molecule has 25 heavy (non-hydrogen) atoms. The van der Waals surface area contributed by atoms with Crippen molar-refractivity contribution in [2.75, 3.05) is 19.6 Å². The van der Waals surface area contributed by atoms with E-state index in [-0.39, 0.29) is 12.6 Å². The molecule has 1 unspecified atom stereocenters. The second kappa shape index (κ2) is 9.02. The number of aliphatic imine (C=N–C) groups is 1. The quantitative estimate of drug-likeness (QED) is 0.369. The Morgan fingerprint density at radius 3 is 2.76 bits per heavy atom. The average molecular weight is 385 g/mol. The van der Waals surface area contributed by atoms with Crippen LogP contribution in [0.25, 0.3) is 0 Å². The van der Waals surface area contributed by atoms with Gasteiger partial charge in [0, 0.05) is 13.1 Å². The van der Waals surface area contributed by atoms with Crippen LogP contribution in [-0.2, 0) is 10.0 Å². The van der Waals surface area contributed by atoms with Crippen LogP contribution in [-0.4, -0.2) is 34.0 Å². The SMILES string of the molecule is CCNC(=NCCNS(=O)(=O)c1cccs1)NC(C)c1ccc(C)o1. The van der Waals surface area contributed by atoms with Gasteiger partial charge in [-0.25, -0.2) is 13.1 Å². The highest BCUT2D eigenvalue weighted by Gasteiger charge is 2.14. The van der Waals surface area contributed by atoms with Gasteiger partial charge in [-0.3, -0.25) is 4.99 Å². The maximum Gasteiger partial charge on any atom is 0.250 e. The first-order valence-corrected chi connectivity index (χ1v) is 10.4. The molecular formula is C16H24N4O3S2. The molecule has 0 aliphatic rings. The van der Waals surface area contributed by atoms with Gasteiger partial charge < -0.3 is 15.1 Å². The zero-order valence-corrected chi connectivity index (χ0v) is 16.2. The van der Waals surface area contributed by atoms with Crippen LogP contribution < -0.4 is 15.4 Å². The van der Waals surface area contributed by atoms with Crippen LogP contribution in [0.3, 0.4) is 0 Å². The minimum Gasteiger partial charge on any atom is -0.464 e. The smallest absolute Gasteiger partial charge is 0.250 e. The topological polar surface area (TPSA) is 95.7 Å². The molecular weight excluding hydrogens is 360 g/mol. The highest BCUT2D eigenvalue weighted by Crippen LogP contribution is 2.16. The predicted molar refractivity (Wildman–Crippen MR) is 100 cm³/mol. The van der Waals surface area contributed by atoms with Crippen LogP contribution in [0.2, 0.25) is 0 Å². The number of hydrogen-bond acceptors (Lipinski definition) is 5. The Morgan fingerprint density at radius 1 is 1.36 bits per heavy atom. The average Bonchev–Trinajstić information content (AvgIpc) is 3.23. The minimum atomic E-state index is -3.45. The largest absolute Gasteiger partial charge is 0.464 e. The summed E-state index contributed by atoms with van der Waals surface area (Å²) in [7, 11) is -3.45. The van der Waals surface area contributed by atoms with Gasteiger partial charge >= 0.3 is 0 Å². The molecule has 2 rings (SSSR count). The normalized spacial score (nSPS) is 13.6. The number of hydrogen-bond donors (Lipinski definition) is 3. The fourth-order valence-electron chi connectivity index (χ4n) is 2.12. The Labute approximate surface area is 152 Å². The fraction of sp³-hybridized carbons (Fsp3) is 0.438. The van der Waals surface area contributed by atoms with Gasteiger partial charge in [0.1, 0.15) is 15.7 Å². The summed E-state index contributed by atoms with van der Waals surface area (Å²) in [6, 6.07) is 7.08. The van der Waals surface area contributed by atoms with E-state index in [0.29, 0.717) is 23.3 Å². The lowest BCUT2D eigenvalue weighted by Crippen LogP contribution is -2.39. The van der Waals surface area contributed by atoms with E-state index in [9.17, 15) is 8.42 Å². The molecule has 0 fully saturated rings. The molecule has 2 aromatic heterocycles. The van der Waals surface area contributed by atoms with Crippen molar-refractivity contribution in [3.05, 3.63) is 41.2 Å². The lowest BCUT2D eigenvalue weighted by molar-refractivity contribution is 0.441. The molecule has 0 bridgehead atoms. The maximum absolute atomic E-state index is 12.0. The fourth-order valence-corrected chi connectivity index (χ4v) is 4.18. The van der Waals surface area contributed by atoms with Crippen molar-refractivity contribution in [2.24, 2.45) is 4.99 Å². The van der Waals surface area contributed by atoms with Gasteiger partial charge in [-0.15, -0.1) is 11.3 Å². The minimum absolute atomic E-state index is 0.0469. The van der Waals surface area contributed by atoms with Gasteiger partial charge in [-0.05, 0) is 44.4 Å². The first kappa shape index (κ1) is 19.5. The molecule has 0 amide bonds. The molecule has 0 radical (unpaired) electrons. The van der Waals surface area contributed by atoms with Crippen LogP contribution in [0.15, 0.2) is 43.3 Å². The Kier molecular flexibility index (Phi) is 7.03. The Bertz CT molecular complexity index is 782. The highest BCUT2D eigenvalue weighted by molar-refractivity contribution is 7.91. The summed E-state index contributed by atoms with van der Waals surface area (Å²) in [5, 5.41) is 8.11. The summed E-state index contributed by atoms with van der Waals surface area (Å²) >= 11 is 1.19. The number of furan rings is 1. The van der Waals surface area contributed by atoms with E-state index in [1.54, 1.807) is 17.5 Å². The molecule has 0 saturated carbocycles. The van der Waals surface area contributed by atoms with Crippen LogP contribution in [0.1, 0.15) is 31.4 Å². The number of sulfonamides is 1. The monoisotopic (exact) mass is 384 g/mol. The van der Waals surface area contributed by atoms with Gasteiger partial charge in [0.05, 0.1) is 12.6 Å². The van der Waals surface area contributed by atoms with Crippen LogP contribution >= 0.6 is 11.3 Å². The molecule has 0 aliphatic carbocycles. The summed E-state index contributed by atoms with van der Waals surface area (Å²) < 4.78 is 32.5. The molecule has 7 nitrogen and oxygen atoms in total. The molecule has 2 heterocycles. The maximum atomic E-state index is 12.0. The van der Waals surface area contributed by atoms with Crippen LogP contribution in [0, 0.1) is 6.92 Å². The van der Waals surface area contributed by atoms with Crippen molar-refractivity contribution >= 4 is 27.3 Å². The van der Waals surface area contributed by atoms with Crippen LogP contribution in [0.4, 0.5) is 0 Å². The third-order valence-electron chi connectivity index (χ3n) is 3.32. The third-order valence-corrected chi connectivity index (χ3v) is 6.18.